The summed E-state index contributed by atoms with van der Waals surface area (Å²) in [5.74, 6) is 2.98. The maximum absolute atomic E-state index is 11.8. The highest BCUT2D eigenvalue weighted by Gasteiger charge is 2.50. The standard InChI is InChI=1S/C22H38N2O4/c1-2-28-21(26)24-6-4-23(5-7-24)15-20(25)16-27-8-3-22-12-17-9-18(13-22)11-19(10-17)14-22/h17-20,25H,2-16H2,1H3/p+1/t17?,18?,19?,20-,22?/m0/s1. The van der Waals surface area contributed by atoms with E-state index in [0.717, 1.165) is 37.5 Å². The molecule has 0 radical (unpaired) electrons. The fourth-order valence-corrected chi connectivity index (χ4v) is 6.92. The van der Waals surface area contributed by atoms with Crippen LogP contribution in [0.1, 0.15) is 51.9 Å². The third-order valence-electron chi connectivity index (χ3n) is 7.77. The molecule has 6 nitrogen and oxygen atoms in total. The molecule has 4 saturated carbocycles. The number of ether oxygens (including phenoxy) is 2. The largest absolute Gasteiger partial charge is 0.450 e. The molecule has 0 unspecified atom stereocenters. The zero-order valence-electron chi connectivity index (χ0n) is 17.5. The van der Waals surface area contributed by atoms with Gasteiger partial charge in [0.15, 0.2) is 0 Å². The first kappa shape index (κ1) is 20.4. The molecule has 0 aromatic heterocycles. The van der Waals surface area contributed by atoms with Crippen LogP contribution in [0.15, 0.2) is 0 Å². The maximum Gasteiger partial charge on any atom is 0.410 e. The molecule has 160 valence electrons. The van der Waals surface area contributed by atoms with Gasteiger partial charge in [-0.05, 0) is 75.0 Å². The number of rotatable bonds is 8. The summed E-state index contributed by atoms with van der Waals surface area (Å²) in [6, 6.07) is 0. The minimum Gasteiger partial charge on any atom is -0.450 e. The van der Waals surface area contributed by atoms with Crippen LogP contribution < -0.4 is 4.90 Å². The van der Waals surface area contributed by atoms with E-state index in [1.165, 1.54) is 49.8 Å². The Labute approximate surface area is 169 Å². The lowest BCUT2D eigenvalue weighted by molar-refractivity contribution is -0.907. The summed E-state index contributed by atoms with van der Waals surface area (Å²) in [7, 11) is 0. The van der Waals surface area contributed by atoms with Crippen LogP contribution in [0.5, 0.6) is 0 Å². The van der Waals surface area contributed by atoms with Crippen LogP contribution in [0.25, 0.3) is 0 Å². The van der Waals surface area contributed by atoms with Crippen molar-refractivity contribution < 1.29 is 24.3 Å². The van der Waals surface area contributed by atoms with Crippen molar-refractivity contribution in [2.24, 2.45) is 23.2 Å². The molecule has 6 heteroatoms. The Kier molecular flexibility index (Phi) is 6.48. The van der Waals surface area contributed by atoms with Crippen molar-refractivity contribution in [2.75, 3.05) is 52.5 Å². The Morgan fingerprint density at radius 1 is 1.14 bits per heavy atom. The number of nitrogens with one attached hydrogen (secondary N) is 1. The Morgan fingerprint density at radius 2 is 1.75 bits per heavy atom. The number of carbonyl (C=O) groups excluding carboxylic acids is 1. The molecule has 28 heavy (non-hydrogen) atoms. The molecule has 5 fully saturated rings. The van der Waals surface area contributed by atoms with Gasteiger partial charge in [-0.3, -0.25) is 4.90 Å². The number of nitrogens with zero attached hydrogens (tertiary/aromatic N) is 1. The second kappa shape index (κ2) is 8.88. The zero-order chi connectivity index (χ0) is 19.6. The molecule has 1 heterocycles. The number of piperazine rings is 1. The molecular formula is C22H39N2O4+. The Bertz CT molecular complexity index is 497. The molecule has 0 aromatic carbocycles. The SMILES string of the molecule is CCOC(=O)N1CC[NH+](C[C@H](O)COCCC23CC4CC(CC(C4)C2)C3)CC1. The van der Waals surface area contributed by atoms with E-state index >= 15 is 0 Å². The topological polar surface area (TPSA) is 63.4 Å². The van der Waals surface area contributed by atoms with E-state index in [-0.39, 0.29) is 6.09 Å². The highest BCUT2D eigenvalue weighted by Crippen LogP contribution is 2.61. The molecule has 0 aromatic rings. The predicted molar refractivity (Wildman–Crippen MR) is 106 cm³/mol. The minimum absolute atomic E-state index is 0.213. The first-order valence-electron chi connectivity index (χ1n) is 11.6. The molecular weight excluding hydrogens is 356 g/mol. The average molecular weight is 396 g/mol. The smallest absolute Gasteiger partial charge is 0.410 e. The maximum atomic E-state index is 11.8. The molecule has 1 amide bonds. The highest BCUT2D eigenvalue weighted by atomic mass is 16.6. The molecule has 1 aliphatic heterocycles. The summed E-state index contributed by atoms with van der Waals surface area (Å²) in [5.41, 5.74) is 0.564. The Balaban J connectivity index is 1.11. The van der Waals surface area contributed by atoms with Gasteiger partial charge in [0, 0.05) is 6.61 Å². The van der Waals surface area contributed by atoms with Crippen LogP contribution in [0.2, 0.25) is 0 Å². The second-order valence-electron chi connectivity index (χ2n) is 10.0. The van der Waals surface area contributed by atoms with E-state index in [1.54, 1.807) is 4.90 Å². The summed E-state index contributed by atoms with van der Waals surface area (Å²) in [5, 5.41) is 10.4. The highest BCUT2D eigenvalue weighted by molar-refractivity contribution is 5.67. The molecule has 4 bridgehead atoms. The average Bonchev–Trinajstić information content (AvgIpc) is 2.65. The van der Waals surface area contributed by atoms with Crippen molar-refractivity contribution in [3.8, 4) is 0 Å². The van der Waals surface area contributed by atoms with Gasteiger partial charge in [0.05, 0.1) is 39.4 Å². The lowest BCUT2D eigenvalue weighted by Crippen LogP contribution is -3.15. The number of aliphatic hydroxyl groups excluding tert-OH is 1. The second-order valence-corrected chi connectivity index (χ2v) is 10.0. The first-order chi connectivity index (χ1) is 13.5. The van der Waals surface area contributed by atoms with E-state index in [2.05, 4.69) is 0 Å². The van der Waals surface area contributed by atoms with Gasteiger partial charge < -0.3 is 19.5 Å². The van der Waals surface area contributed by atoms with Gasteiger partial charge in [0.25, 0.3) is 0 Å². The summed E-state index contributed by atoms with van der Waals surface area (Å²) >= 11 is 0. The first-order valence-corrected chi connectivity index (χ1v) is 11.6. The Morgan fingerprint density at radius 3 is 2.32 bits per heavy atom. The van der Waals surface area contributed by atoms with Crippen LogP contribution in [0, 0.1) is 23.2 Å². The van der Waals surface area contributed by atoms with Crippen molar-refractivity contribution in [3.05, 3.63) is 0 Å². The van der Waals surface area contributed by atoms with Gasteiger partial charge in [0.2, 0.25) is 0 Å². The van der Waals surface area contributed by atoms with Gasteiger partial charge in [-0.1, -0.05) is 0 Å². The van der Waals surface area contributed by atoms with Crippen molar-refractivity contribution in [1.29, 1.82) is 0 Å². The lowest BCUT2D eigenvalue weighted by Gasteiger charge is -2.57. The fourth-order valence-electron chi connectivity index (χ4n) is 6.92. The predicted octanol–water partition coefficient (Wildman–Crippen LogP) is 1.33. The number of aliphatic hydroxyl groups is 1. The van der Waals surface area contributed by atoms with E-state index in [0.29, 0.717) is 38.3 Å². The number of hydrogen-bond donors (Lipinski definition) is 2. The number of quaternary nitrogens is 1. The fraction of sp³-hybridized carbons (Fsp3) is 0.955. The normalized spacial score (nSPS) is 35.9. The number of amides is 1. The van der Waals surface area contributed by atoms with Gasteiger partial charge in [0.1, 0.15) is 12.6 Å². The summed E-state index contributed by atoms with van der Waals surface area (Å²) < 4.78 is 11.0. The molecule has 4 aliphatic carbocycles. The number of carbonyl (C=O) groups is 1. The quantitative estimate of drug-likeness (QED) is 0.609. The molecule has 5 rings (SSSR count). The third-order valence-corrected chi connectivity index (χ3v) is 7.77. The van der Waals surface area contributed by atoms with E-state index < -0.39 is 6.10 Å². The zero-order valence-corrected chi connectivity index (χ0v) is 17.5. The van der Waals surface area contributed by atoms with Crippen LogP contribution in [-0.4, -0.2) is 74.7 Å². The molecule has 0 spiro atoms. The van der Waals surface area contributed by atoms with Gasteiger partial charge in [-0.15, -0.1) is 0 Å². The van der Waals surface area contributed by atoms with Crippen molar-refractivity contribution in [1.82, 2.24) is 4.90 Å². The molecule has 5 aliphatic rings. The van der Waals surface area contributed by atoms with Crippen molar-refractivity contribution in [2.45, 2.75) is 58.0 Å². The van der Waals surface area contributed by atoms with Crippen molar-refractivity contribution >= 4 is 6.09 Å². The van der Waals surface area contributed by atoms with Crippen LogP contribution in [0.4, 0.5) is 4.79 Å². The minimum atomic E-state index is -0.416. The van der Waals surface area contributed by atoms with Gasteiger partial charge in [-0.2, -0.15) is 0 Å². The molecule has 1 atom stereocenters. The summed E-state index contributed by atoms with van der Waals surface area (Å²) in [4.78, 5) is 14.9. The molecule has 1 saturated heterocycles. The molecule has 2 N–H and O–H groups in total. The third kappa shape index (κ3) is 4.82. The van der Waals surface area contributed by atoms with Gasteiger partial charge in [-0.25, -0.2) is 4.79 Å². The Hall–Kier alpha value is -0.850. The van der Waals surface area contributed by atoms with Crippen molar-refractivity contribution in [3.63, 3.8) is 0 Å². The van der Waals surface area contributed by atoms with Crippen LogP contribution in [-0.2, 0) is 9.47 Å². The number of hydrogen-bond acceptors (Lipinski definition) is 4. The van der Waals surface area contributed by atoms with E-state index in [9.17, 15) is 9.90 Å². The van der Waals surface area contributed by atoms with E-state index in [4.69, 9.17) is 9.47 Å². The summed E-state index contributed by atoms with van der Waals surface area (Å²) in [6.07, 6.45) is 9.32. The lowest BCUT2D eigenvalue weighted by atomic mass is 9.49. The van der Waals surface area contributed by atoms with Crippen LogP contribution >= 0.6 is 0 Å². The summed E-state index contributed by atoms with van der Waals surface area (Å²) in [6.45, 7) is 7.33. The van der Waals surface area contributed by atoms with E-state index in [1.807, 2.05) is 6.92 Å². The monoisotopic (exact) mass is 395 g/mol. The van der Waals surface area contributed by atoms with Gasteiger partial charge >= 0.3 is 6.09 Å². The van der Waals surface area contributed by atoms with Crippen LogP contribution in [0.3, 0.4) is 0 Å².